The molecule has 3 rings (SSSR count). The zero-order chi connectivity index (χ0) is 19.9. The molecule has 7 heteroatoms. The van der Waals surface area contributed by atoms with Crippen molar-refractivity contribution in [2.24, 2.45) is 5.92 Å². The first-order chi connectivity index (χ1) is 13.6. The molecule has 0 aliphatic rings. The van der Waals surface area contributed by atoms with Crippen LogP contribution in [0.5, 0.6) is 5.75 Å². The summed E-state index contributed by atoms with van der Waals surface area (Å²) < 4.78 is 7.08. The van der Waals surface area contributed by atoms with Gasteiger partial charge in [-0.2, -0.15) is 0 Å². The maximum Gasteiger partial charge on any atom is 0.315 e. The summed E-state index contributed by atoms with van der Waals surface area (Å²) in [5.74, 6) is 1.97. The molecule has 0 saturated carbocycles. The Morgan fingerprint density at radius 3 is 2.64 bits per heavy atom. The molecule has 1 atom stereocenters. The van der Waals surface area contributed by atoms with Crippen LogP contribution >= 0.6 is 0 Å². The molecule has 0 bridgehead atoms. The summed E-state index contributed by atoms with van der Waals surface area (Å²) in [5, 5.41) is 14.5. The SMILES string of the molecule is COc1ccc(CCNC(=O)N[C@H](CC(C)C)c2nnc3ccccn23)cc1. The van der Waals surface area contributed by atoms with Gasteiger partial charge in [0.1, 0.15) is 5.75 Å². The van der Waals surface area contributed by atoms with Crippen LogP contribution in [0.1, 0.15) is 37.7 Å². The zero-order valence-electron chi connectivity index (χ0n) is 16.6. The van der Waals surface area contributed by atoms with Crippen molar-refractivity contribution in [3.8, 4) is 5.75 Å². The standard InChI is InChI=1S/C21H27N5O2/c1-15(2)14-18(20-25-24-19-6-4-5-13-26(19)20)23-21(27)22-12-11-16-7-9-17(28-3)10-8-16/h4-10,13,15,18H,11-12,14H2,1-3H3,(H2,22,23,27)/t18-/m1/s1. The van der Waals surface area contributed by atoms with Gasteiger partial charge in [-0.1, -0.05) is 32.0 Å². The number of fused-ring (bicyclic) bond motifs is 1. The molecule has 2 N–H and O–H groups in total. The van der Waals surface area contributed by atoms with Crippen molar-refractivity contribution in [3.63, 3.8) is 0 Å². The molecule has 2 heterocycles. The molecular weight excluding hydrogens is 354 g/mol. The van der Waals surface area contributed by atoms with E-state index in [1.54, 1.807) is 7.11 Å². The molecule has 0 spiro atoms. The summed E-state index contributed by atoms with van der Waals surface area (Å²) in [4.78, 5) is 12.5. The molecular formula is C21H27N5O2. The van der Waals surface area contributed by atoms with Gasteiger partial charge < -0.3 is 15.4 Å². The lowest BCUT2D eigenvalue weighted by molar-refractivity contribution is 0.234. The normalized spacial score (nSPS) is 12.1. The molecule has 7 nitrogen and oxygen atoms in total. The maximum atomic E-state index is 12.5. The van der Waals surface area contributed by atoms with Crippen molar-refractivity contribution >= 4 is 11.7 Å². The van der Waals surface area contributed by atoms with E-state index in [1.807, 2.05) is 53.1 Å². The highest BCUT2D eigenvalue weighted by atomic mass is 16.5. The van der Waals surface area contributed by atoms with E-state index in [4.69, 9.17) is 4.74 Å². The minimum atomic E-state index is -0.210. The highest BCUT2D eigenvalue weighted by Gasteiger charge is 2.21. The van der Waals surface area contributed by atoms with Crippen LogP contribution in [0.3, 0.4) is 0 Å². The third kappa shape index (κ3) is 5.00. The number of carbonyl (C=O) groups is 1. The first-order valence-corrected chi connectivity index (χ1v) is 9.53. The topological polar surface area (TPSA) is 80.5 Å². The molecule has 28 heavy (non-hydrogen) atoms. The van der Waals surface area contributed by atoms with Crippen LogP contribution < -0.4 is 15.4 Å². The van der Waals surface area contributed by atoms with Crippen LogP contribution in [0, 0.1) is 5.92 Å². The quantitative estimate of drug-likeness (QED) is 0.627. The number of benzene rings is 1. The first kappa shape index (κ1) is 19.7. The monoisotopic (exact) mass is 381 g/mol. The number of nitrogens with zero attached hydrogens (tertiary/aromatic N) is 3. The number of methoxy groups -OCH3 is 1. The van der Waals surface area contributed by atoms with Crippen LogP contribution in [0.4, 0.5) is 4.79 Å². The number of hydrogen-bond acceptors (Lipinski definition) is 4. The lowest BCUT2D eigenvalue weighted by atomic mass is 10.0. The van der Waals surface area contributed by atoms with Crippen LogP contribution in [-0.4, -0.2) is 34.3 Å². The first-order valence-electron chi connectivity index (χ1n) is 9.53. The van der Waals surface area contributed by atoms with Gasteiger partial charge in [-0.15, -0.1) is 10.2 Å². The number of nitrogens with one attached hydrogen (secondary N) is 2. The highest BCUT2D eigenvalue weighted by molar-refractivity contribution is 5.74. The molecule has 0 fully saturated rings. The van der Waals surface area contributed by atoms with E-state index in [9.17, 15) is 4.79 Å². The molecule has 0 saturated heterocycles. The number of ether oxygens (including phenoxy) is 1. The minimum absolute atomic E-state index is 0.202. The van der Waals surface area contributed by atoms with E-state index in [-0.39, 0.29) is 12.1 Å². The Bertz CT molecular complexity index is 905. The third-order valence-corrected chi connectivity index (χ3v) is 4.52. The van der Waals surface area contributed by atoms with E-state index < -0.39 is 0 Å². The average Bonchev–Trinajstić information content (AvgIpc) is 3.12. The average molecular weight is 381 g/mol. The number of amides is 2. The second kappa shape index (κ2) is 9.21. The third-order valence-electron chi connectivity index (χ3n) is 4.52. The molecule has 1 aromatic carbocycles. The minimum Gasteiger partial charge on any atom is -0.497 e. The Labute approximate surface area is 165 Å². The Balaban J connectivity index is 1.60. The Morgan fingerprint density at radius 1 is 1.14 bits per heavy atom. The van der Waals surface area contributed by atoms with E-state index in [1.165, 1.54) is 0 Å². The van der Waals surface area contributed by atoms with Crippen LogP contribution in [0.2, 0.25) is 0 Å². The van der Waals surface area contributed by atoms with Crippen LogP contribution in [-0.2, 0) is 6.42 Å². The largest absolute Gasteiger partial charge is 0.497 e. The molecule has 2 amide bonds. The van der Waals surface area contributed by atoms with Crippen molar-refractivity contribution in [2.45, 2.75) is 32.7 Å². The van der Waals surface area contributed by atoms with E-state index in [0.717, 1.165) is 35.6 Å². The molecule has 0 aliphatic carbocycles. The number of rotatable bonds is 8. The van der Waals surface area contributed by atoms with E-state index in [2.05, 4.69) is 34.7 Å². The van der Waals surface area contributed by atoms with Gasteiger partial charge in [-0.25, -0.2) is 4.79 Å². The van der Waals surface area contributed by atoms with Crippen molar-refractivity contribution in [3.05, 3.63) is 60.0 Å². The summed E-state index contributed by atoms with van der Waals surface area (Å²) >= 11 is 0. The van der Waals surface area contributed by atoms with Gasteiger partial charge in [-0.3, -0.25) is 4.40 Å². The highest BCUT2D eigenvalue weighted by Crippen LogP contribution is 2.20. The Kier molecular flexibility index (Phi) is 6.47. The fraction of sp³-hybridized carbons (Fsp3) is 0.381. The van der Waals surface area contributed by atoms with Gasteiger partial charge in [0.25, 0.3) is 0 Å². The summed E-state index contributed by atoms with van der Waals surface area (Å²) in [6.45, 7) is 4.80. The van der Waals surface area contributed by atoms with Crippen molar-refractivity contribution in [1.29, 1.82) is 0 Å². The zero-order valence-corrected chi connectivity index (χ0v) is 16.6. The maximum absolute atomic E-state index is 12.5. The number of aromatic nitrogens is 3. The lowest BCUT2D eigenvalue weighted by Gasteiger charge is -2.19. The number of pyridine rings is 1. The predicted octanol–water partition coefficient (Wildman–Crippen LogP) is 3.37. The summed E-state index contributed by atoms with van der Waals surface area (Å²) in [6.07, 6.45) is 3.45. The molecule has 0 aliphatic heterocycles. The lowest BCUT2D eigenvalue weighted by Crippen LogP contribution is -2.40. The second-order valence-corrected chi connectivity index (χ2v) is 7.17. The number of urea groups is 1. The fourth-order valence-corrected chi connectivity index (χ4v) is 3.12. The van der Waals surface area contributed by atoms with Crippen molar-refractivity contribution in [1.82, 2.24) is 25.2 Å². The molecule has 3 aromatic rings. The summed E-state index contributed by atoms with van der Waals surface area (Å²) in [5.41, 5.74) is 1.91. The van der Waals surface area contributed by atoms with E-state index >= 15 is 0 Å². The van der Waals surface area contributed by atoms with Crippen molar-refractivity contribution < 1.29 is 9.53 Å². The van der Waals surface area contributed by atoms with Gasteiger partial charge in [-0.05, 0) is 48.6 Å². The van der Waals surface area contributed by atoms with Gasteiger partial charge in [0.05, 0.1) is 13.2 Å². The molecule has 148 valence electrons. The number of carbonyl (C=O) groups excluding carboxylic acids is 1. The number of hydrogen-bond donors (Lipinski definition) is 2. The Hall–Kier alpha value is -3.09. The fourth-order valence-electron chi connectivity index (χ4n) is 3.12. The van der Waals surface area contributed by atoms with E-state index in [0.29, 0.717) is 12.5 Å². The van der Waals surface area contributed by atoms with Crippen molar-refractivity contribution in [2.75, 3.05) is 13.7 Å². The van der Waals surface area contributed by atoms with Gasteiger partial charge in [0.2, 0.25) is 0 Å². The van der Waals surface area contributed by atoms with Gasteiger partial charge in [0.15, 0.2) is 11.5 Å². The summed E-state index contributed by atoms with van der Waals surface area (Å²) in [7, 11) is 1.65. The predicted molar refractivity (Wildman–Crippen MR) is 108 cm³/mol. The van der Waals surface area contributed by atoms with Crippen LogP contribution in [0.15, 0.2) is 48.7 Å². The Morgan fingerprint density at radius 2 is 1.93 bits per heavy atom. The molecule has 2 aromatic heterocycles. The van der Waals surface area contributed by atoms with Gasteiger partial charge in [0, 0.05) is 12.7 Å². The second-order valence-electron chi connectivity index (χ2n) is 7.17. The molecule has 0 radical (unpaired) electrons. The summed E-state index contributed by atoms with van der Waals surface area (Å²) in [6, 6.07) is 13.2. The van der Waals surface area contributed by atoms with Gasteiger partial charge >= 0.3 is 6.03 Å². The molecule has 0 unspecified atom stereocenters. The van der Waals surface area contributed by atoms with Crippen LogP contribution in [0.25, 0.3) is 5.65 Å². The smallest absolute Gasteiger partial charge is 0.315 e.